The molecule has 7 heteroatoms. The fourth-order valence-electron chi connectivity index (χ4n) is 6.52. The maximum absolute atomic E-state index is 6.99. The molecule has 0 radical (unpaired) electrons. The van der Waals surface area contributed by atoms with Gasteiger partial charge in [0.2, 0.25) is 0 Å². The zero-order valence-corrected chi connectivity index (χ0v) is 33.2. The molecule has 0 bridgehead atoms. The zero-order valence-electron chi connectivity index (χ0n) is 29.3. The van der Waals surface area contributed by atoms with Crippen molar-refractivity contribution in [3.8, 4) is 17.2 Å². The van der Waals surface area contributed by atoms with Gasteiger partial charge in [-0.1, -0.05) is 200 Å². The Kier molecular flexibility index (Phi) is 10.4. The predicted octanol–water partition coefficient (Wildman–Crippen LogP) is 7.92. The lowest BCUT2D eigenvalue weighted by Crippen LogP contribution is -2.53. The van der Waals surface area contributed by atoms with E-state index in [1.54, 1.807) is 0 Å². The molecule has 248 valence electrons. The number of hydrogen-bond donors (Lipinski definition) is 0. The highest BCUT2D eigenvalue weighted by Crippen LogP contribution is 2.42. The maximum atomic E-state index is 6.99. The Morgan fingerprint density at radius 2 is 0.531 bits per heavy atom. The molecule has 0 amide bonds. The molecule has 6 aromatic rings. The maximum Gasteiger partial charge on any atom is 0.530 e. The smallest absolute Gasteiger partial charge is 0.409 e. The lowest BCUT2D eigenvalue weighted by atomic mass is 10.3. The van der Waals surface area contributed by atoms with Crippen LogP contribution >= 0.6 is 8.60 Å². The van der Waals surface area contributed by atoms with Crippen molar-refractivity contribution in [2.75, 3.05) is 0 Å². The second-order valence-electron chi connectivity index (χ2n) is 14.0. The summed E-state index contributed by atoms with van der Waals surface area (Å²) >= 11 is 0. The molecule has 0 aliphatic carbocycles. The van der Waals surface area contributed by atoms with E-state index >= 15 is 0 Å². The Labute approximate surface area is 296 Å². The first-order chi connectivity index (χ1) is 23.6. The third-order valence-corrected chi connectivity index (χ3v) is 21.3. The quantitative estimate of drug-likeness (QED) is 0.0954. The van der Waals surface area contributed by atoms with Crippen LogP contribution in [0.15, 0.2) is 164 Å². The fourth-order valence-corrected chi connectivity index (χ4v) is 15.6. The van der Waals surface area contributed by atoms with Gasteiger partial charge in [0.25, 0.3) is 0 Å². The molecule has 0 N–H and O–H groups in total. The monoisotopic (exact) mass is 712 g/mol. The van der Waals surface area contributed by atoms with E-state index in [0.29, 0.717) is 0 Å². The molecule has 49 heavy (non-hydrogen) atoms. The van der Waals surface area contributed by atoms with Crippen molar-refractivity contribution in [3.05, 3.63) is 164 Å². The first-order valence-corrected chi connectivity index (χ1v) is 27.0. The first kappa shape index (κ1) is 34.7. The second-order valence-corrected chi connectivity index (χ2v) is 28.1. The van der Waals surface area contributed by atoms with E-state index in [-0.39, 0.29) is 0 Å². The summed E-state index contributed by atoms with van der Waals surface area (Å²) in [6, 6.07) is 57.6. The van der Waals surface area contributed by atoms with Crippen LogP contribution in [-0.2, 0) is 0 Å². The molecule has 0 spiro atoms. The van der Waals surface area contributed by atoms with E-state index < -0.39 is 32.8 Å². The van der Waals surface area contributed by atoms with Gasteiger partial charge in [0.05, 0.1) is 0 Å². The van der Waals surface area contributed by atoms with Crippen molar-refractivity contribution in [3.63, 3.8) is 0 Å². The minimum Gasteiger partial charge on any atom is -0.409 e. The van der Waals surface area contributed by atoms with Gasteiger partial charge in [0, 0.05) is 0 Å². The van der Waals surface area contributed by atoms with Gasteiger partial charge in [-0.05, 0) is 33.8 Å². The highest BCUT2D eigenvalue weighted by atomic mass is 31.2. The SMILES string of the molecule is C[Si](C)(c1ccccc1)c1ccccc1OP(Oc1ccccc1[Si](C)(C)c1ccccc1)Oc1ccccc1[Si](C)(C)c1ccccc1. The molecule has 0 saturated heterocycles. The van der Waals surface area contributed by atoms with E-state index in [9.17, 15) is 0 Å². The summed E-state index contributed by atoms with van der Waals surface area (Å²) in [5.74, 6) is 2.43. The van der Waals surface area contributed by atoms with Gasteiger partial charge in [0.15, 0.2) is 0 Å². The van der Waals surface area contributed by atoms with E-state index in [2.05, 4.69) is 185 Å². The molecular formula is C42H45O3PSi3. The van der Waals surface area contributed by atoms with E-state index in [1.165, 1.54) is 31.1 Å². The molecule has 0 heterocycles. The van der Waals surface area contributed by atoms with Gasteiger partial charge in [-0.3, -0.25) is 0 Å². The summed E-state index contributed by atoms with van der Waals surface area (Å²) < 4.78 is 21.0. The minimum atomic E-state index is -2.13. The van der Waals surface area contributed by atoms with Crippen LogP contribution in [0.1, 0.15) is 0 Å². The van der Waals surface area contributed by atoms with Crippen LogP contribution in [0.4, 0.5) is 0 Å². The minimum absolute atomic E-state index is 0.809. The fraction of sp³-hybridized carbons (Fsp3) is 0.143. The summed E-state index contributed by atoms with van der Waals surface area (Å²) in [7, 11) is -8.32. The van der Waals surface area contributed by atoms with Gasteiger partial charge in [-0.25, -0.2) is 0 Å². The molecule has 6 aromatic carbocycles. The van der Waals surface area contributed by atoms with E-state index in [4.69, 9.17) is 13.6 Å². The molecule has 0 saturated carbocycles. The third kappa shape index (κ3) is 7.53. The molecular weight excluding hydrogens is 668 g/mol. The lowest BCUT2D eigenvalue weighted by Gasteiger charge is -2.30. The number of rotatable bonds is 12. The summed E-state index contributed by atoms with van der Waals surface area (Å²) in [6.07, 6.45) is 0. The molecule has 0 fully saturated rings. The van der Waals surface area contributed by atoms with Crippen LogP contribution in [0.3, 0.4) is 0 Å². The summed E-state index contributed by atoms with van der Waals surface area (Å²) in [5.41, 5.74) is 0. The number of hydrogen-bond acceptors (Lipinski definition) is 3. The number of para-hydroxylation sites is 3. The Morgan fingerprint density at radius 3 is 0.796 bits per heavy atom. The molecule has 3 nitrogen and oxygen atoms in total. The highest BCUT2D eigenvalue weighted by molar-refractivity contribution is 7.43. The Morgan fingerprint density at radius 1 is 0.306 bits per heavy atom. The molecule has 0 unspecified atom stereocenters. The lowest BCUT2D eigenvalue weighted by molar-refractivity contribution is 0.391. The van der Waals surface area contributed by atoms with Gasteiger partial charge >= 0.3 is 8.60 Å². The third-order valence-electron chi connectivity index (χ3n) is 9.69. The average molecular weight is 713 g/mol. The normalized spacial score (nSPS) is 12.1. The van der Waals surface area contributed by atoms with E-state index in [1.807, 2.05) is 18.2 Å². The molecule has 0 aliphatic heterocycles. The van der Waals surface area contributed by atoms with Crippen LogP contribution in [0.25, 0.3) is 0 Å². The Bertz CT molecular complexity index is 1750. The standard InChI is InChI=1S/C42H45O3PSi3/c1-47(2,34-22-10-7-11-23-34)40-31-19-16-28-37(40)43-46(44-38-29-17-20-32-41(38)48(3,4)35-24-12-8-13-25-35)45-39-30-18-21-33-42(39)49(5,6)36-26-14-9-15-27-36/h7-33H,1-6H3. The summed E-state index contributed by atoms with van der Waals surface area (Å²) in [5, 5.41) is 7.67. The van der Waals surface area contributed by atoms with Crippen LogP contribution in [-0.4, -0.2) is 24.2 Å². The zero-order chi connectivity index (χ0) is 34.5. The van der Waals surface area contributed by atoms with Crippen molar-refractivity contribution in [2.24, 2.45) is 0 Å². The van der Waals surface area contributed by atoms with Gasteiger partial charge in [-0.15, -0.1) is 0 Å². The Hall–Kier alpha value is -4.20. The van der Waals surface area contributed by atoms with E-state index in [0.717, 1.165) is 17.2 Å². The molecule has 0 aliphatic rings. The second kappa shape index (κ2) is 14.7. The topological polar surface area (TPSA) is 27.7 Å². The van der Waals surface area contributed by atoms with Crippen molar-refractivity contribution in [1.82, 2.24) is 0 Å². The predicted molar refractivity (Wildman–Crippen MR) is 218 cm³/mol. The van der Waals surface area contributed by atoms with Crippen LogP contribution in [0.2, 0.25) is 39.3 Å². The number of benzene rings is 6. The molecule has 0 aromatic heterocycles. The van der Waals surface area contributed by atoms with Gasteiger partial charge in [-0.2, -0.15) is 0 Å². The molecule has 6 rings (SSSR count). The Balaban J connectivity index is 1.43. The van der Waals surface area contributed by atoms with Crippen molar-refractivity contribution < 1.29 is 13.6 Å². The first-order valence-electron chi connectivity index (χ1n) is 16.9. The summed E-state index contributed by atoms with van der Waals surface area (Å²) in [6.45, 7) is 14.3. The average Bonchev–Trinajstić information content (AvgIpc) is 3.13. The van der Waals surface area contributed by atoms with Crippen molar-refractivity contribution in [1.29, 1.82) is 0 Å². The van der Waals surface area contributed by atoms with Crippen LogP contribution in [0.5, 0.6) is 17.2 Å². The highest BCUT2D eigenvalue weighted by Gasteiger charge is 2.36. The van der Waals surface area contributed by atoms with Gasteiger partial charge < -0.3 is 13.6 Å². The van der Waals surface area contributed by atoms with Crippen molar-refractivity contribution >= 4 is 63.9 Å². The summed E-state index contributed by atoms with van der Waals surface area (Å²) in [4.78, 5) is 0. The van der Waals surface area contributed by atoms with Crippen LogP contribution < -0.4 is 44.7 Å². The van der Waals surface area contributed by atoms with Crippen LogP contribution in [0, 0.1) is 0 Å². The molecule has 0 atom stereocenters. The largest absolute Gasteiger partial charge is 0.530 e. The van der Waals surface area contributed by atoms with Gasteiger partial charge in [0.1, 0.15) is 41.5 Å². The van der Waals surface area contributed by atoms with Crippen molar-refractivity contribution in [2.45, 2.75) is 39.3 Å².